The Hall–Kier alpha value is -2.47. The topological polar surface area (TPSA) is 53.1 Å². The number of ether oxygens (including phenoxy) is 1. The number of para-hydroxylation sites is 1. The van der Waals surface area contributed by atoms with E-state index < -0.39 is 0 Å². The van der Waals surface area contributed by atoms with Crippen molar-refractivity contribution in [3.05, 3.63) is 66.6 Å². The van der Waals surface area contributed by atoms with E-state index in [-0.39, 0.29) is 11.6 Å². The van der Waals surface area contributed by atoms with Crippen LogP contribution in [0.2, 0.25) is 0 Å². The van der Waals surface area contributed by atoms with E-state index in [0.29, 0.717) is 17.5 Å². The SMILES string of the molecule is Nn1cc(-c2ccccc2)nc1SCCOc1ccccc1F. The van der Waals surface area contributed by atoms with Gasteiger partial charge in [-0.15, -0.1) is 0 Å². The normalized spacial score (nSPS) is 10.7. The van der Waals surface area contributed by atoms with Crippen molar-refractivity contribution in [2.24, 2.45) is 0 Å². The third-order valence-corrected chi connectivity index (χ3v) is 4.11. The number of hydrogen-bond donors (Lipinski definition) is 1. The fourth-order valence-electron chi connectivity index (χ4n) is 2.08. The van der Waals surface area contributed by atoms with Gasteiger partial charge in [-0.1, -0.05) is 54.2 Å². The summed E-state index contributed by atoms with van der Waals surface area (Å²) in [5.41, 5.74) is 1.84. The van der Waals surface area contributed by atoms with Gasteiger partial charge < -0.3 is 10.6 Å². The number of imidazole rings is 1. The van der Waals surface area contributed by atoms with Crippen molar-refractivity contribution in [2.45, 2.75) is 5.16 Å². The maximum absolute atomic E-state index is 13.4. The summed E-state index contributed by atoms with van der Waals surface area (Å²) >= 11 is 1.47. The minimum Gasteiger partial charge on any atom is -0.490 e. The largest absolute Gasteiger partial charge is 0.490 e. The molecule has 0 amide bonds. The standard InChI is InChI=1S/C17H16FN3OS/c18-14-8-4-5-9-16(14)22-10-11-23-17-20-15(12-21(17)19)13-6-2-1-3-7-13/h1-9,12H,10-11,19H2. The number of benzene rings is 2. The van der Waals surface area contributed by atoms with Crippen LogP contribution < -0.4 is 10.6 Å². The van der Waals surface area contributed by atoms with E-state index in [0.717, 1.165) is 11.3 Å². The molecule has 23 heavy (non-hydrogen) atoms. The minimum atomic E-state index is -0.357. The number of rotatable bonds is 6. The number of halogens is 1. The Morgan fingerprint density at radius 1 is 1.09 bits per heavy atom. The zero-order valence-corrected chi connectivity index (χ0v) is 13.2. The van der Waals surface area contributed by atoms with Crippen LogP contribution in [0.15, 0.2) is 66.0 Å². The van der Waals surface area contributed by atoms with E-state index >= 15 is 0 Å². The van der Waals surface area contributed by atoms with Crippen LogP contribution in [-0.2, 0) is 0 Å². The van der Waals surface area contributed by atoms with Gasteiger partial charge in [-0.2, -0.15) is 0 Å². The van der Waals surface area contributed by atoms with E-state index in [1.165, 1.54) is 22.5 Å². The fraction of sp³-hybridized carbons (Fsp3) is 0.118. The monoisotopic (exact) mass is 329 g/mol. The first kappa shape index (κ1) is 15.4. The van der Waals surface area contributed by atoms with Gasteiger partial charge >= 0.3 is 0 Å². The molecule has 0 radical (unpaired) electrons. The Bertz CT molecular complexity index is 777. The number of aromatic nitrogens is 2. The number of nitrogens with zero attached hydrogens (tertiary/aromatic N) is 2. The number of nitrogen functional groups attached to an aromatic ring is 1. The average Bonchev–Trinajstić information content (AvgIpc) is 2.95. The third-order valence-electron chi connectivity index (χ3n) is 3.18. The van der Waals surface area contributed by atoms with Crippen molar-refractivity contribution >= 4 is 11.8 Å². The van der Waals surface area contributed by atoms with E-state index in [4.69, 9.17) is 10.6 Å². The highest BCUT2D eigenvalue weighted by Gasteiger charge is 2.08. The van der Waals surface area contributed by atoms with Crippen LogP contribution in [0, 0.1) is 5.82 Å². The van der Waals surface area contributed by atoms with Crippen LogP contribution >= 0.6 is 11.8 Å². The second kappa shape index (κ2) is 7.19. The molecule has 0 atom stereocenters. The van der Waals surface area contributed by atoms with Gasteiger partial charge in [0.05, 0.1) is 18.5 Å². The molecule has 118 valence electrons. The Morgan fingerprint density at radius 2 is 1.83 bits per heavy atom. The smallest absolute Gasteiger partial charge is 0.187 e. The summed E-state index contributed by atoms with van der Waals surface area (Å²) in [5.74, 6) is 6.45. The lowest BCUT2D eigenvalue weighted by molar-refractivity contribution is 0.325. The van der Waals surface area contributed by atoms with Crippen LogP contribution in [0.5, 0.6) is 5.75 Å². The number of thioether (sulfide) groups is 1. The summed E-state index contributed by atoms with van der Waals surface area (Å²) in [5, 5.41) is 0.695. The van der Waals surface area contributed by atoms with Gasteiger partial charge in [-0.3, -0.25) is 0 Å². The van der Waals surface area contributed by atoms with Gasteiger partial charge in [-0.25, -0.2) is 14.1 Å². The molecule has 1 aromatic heterocycles. The van der Waals surface area contributed by atoms with Gasteiger partial charge in [0, 0.05) is 11.3 Å². The zero-order chi connectivity index (χ0) is 16.1. The molecule has 2 aromatic carbocycles. The van der Waals surface area contributed by atoms with Gasteiger partial charge in [-0.05, 0) is 12.1 Å². The molecule has 0 spiro atoms. The molecule has 3 aromatic rings. The number of hydrogen-bond acceptors (Lipinski definition) is 4. The maximum atomic E-state index is 13.4. The maximum Gasteiger partial charge on any atom is 0.187 e. The fourth-order valence-corrected chi connectivity index (χ4v) is 2.79. The van der Waals surface area contributed by atoms with Crippen molar-refractivity contribution in [3.63, 3.8) is 0 Å². The van der Waals surface area contributed by atoms with Crippen molar-refractivity contribution in [1.29, 1.82) is 0 Å². The van der Waals surface area contributed by atoms with Crippen LogP contribution in [0.3, 0.4) is 0 Å². The Kier molecular flexibility index (Phi) is 4.83. The lowest BCUT2D eigenvalue weighted by Gasteiger charge is -2.06. The minimum absolute atomic E-state index is 0.258. The van der Waals surface area contributed by atoms with Crippen molar-refractivity contribution < 1.29 is 9.13 Å². The molecule has 4 nitrogen and oxygen atoms in total. The van der Waals surface area contributed by atoms with Crippen molar-refractivity contribution in [2.75, 3.05) is 18.2 Å². The molecule has 1 heterocycles. The molecule has 6 heteroatoms. The van der Waals surface area contributed by atoms with Crippen molar-refractivity contribution in [3.8, 4) is 17.0 Å². The lowest BCUT2D eigenvalue weighted by Crippen LogP contribution is -2.09. The Balaban J connectivity index is 1.57. The molecule has 3 rings (SSSR count). The molecular weight excluding hydrogens is 313 g/mol. The average molecular weight is 329 g/mol. The second-order valence-corrected chi connectivity index (χ2v) is 5.87. The highest BCUT2D eigenvalue weighted by molar-refractivity contribution is 7.99. The molecule has 0 fully saturated rings. The van der Waals surface area contributed by atoms with E-state index in [1.54, 1.807) is 24.4 Å². The Morgan fingerprint density at radius 3 is 2.61 bits per heavy atom. The molecule has 0 saturated carbocycles. The van der Waals surface area contributed by atoms with Crippen LogP contribution in [-0.4, -0.2) is 22.0 Å². The Labute approximate surface area is 138 Å². The second-order valence-electron chi connectivity index (χ2n) is 4.81. The molecule has 0 saturated heterocycles. The first-order chi connectivity index (χ1) is 11.2. The van der Waals surface area contributed by atoms with E-state index in [9.17, 15) is 4.39 Å². The van der Waals surface area contributed by atoms with E-state index in [1.807, 2.05) is 30.3 Å². The molecule has 0 aliphatic rings. The number of nitrogens with two attached hydrogens (primary N) is 1. The predicted octanol–water partition coefficient (Wildman–Crippen LogP) is 3.57. The summed E-state index contributed by atoms with van der Waals surface area (Å²) in [6, 6.07) is 16.2. The van der Waals surface area contributed by atoms with Crippen LogP contribution in [0.25, 0.3) is 11.3 Å². The summed E-state index contributed by atoms with van der Waals surface area (Å²) in [7, 11) is 0. The molecule has 0 bridgehead atoms. The summed E-state index contributed by atoms with van der Waals surface area (Å²) in [6.07, 6.45) is 1.79. The molecular formula is C17H16FN3OS. The van der Waals surface area contributed by atoms with Crippen LogP contribution in [0.4, 0.5) is 4.39 Å². The predicted molar refractivity (Wildman–Crippen MR) is 90.4 cm³/mol. The van der Waals surface area contributed by atoms with Gasteiger partial charge in [0.2, 0.25) is 0 Å². The van der Waals surface area contributed by atoms with Gasteiger partial charge in [0.1, 0.15) is 0 Å². The summed E-state index contributed by atoms with van der Waals surface area (Å²) < 4.78 is 20.3. The highest BCUT2D eigenvalue weighted by Crippen LogP contribution is 2.23. The van der Waals surface area contributed by atoms with Crippen molar-refractivity contribution in [1.82, 2.24) is 9.66 Å². The first-order valence-electron chi connectivity index (χ1n) is 7.14. The van der Waals surface area contributed by atoms with Crippen LogP contribution in [0.1, 0.15) is 0 Å². The van der Waals surface area contributed by atoms with E-state index in [2.05, 4.69) is 4.98 Å². The van der Waals surface area contributed by atoms with Gasteiger partial charge in [0.25, 0.3) is 0 Å². The highest BCUT2D eigenvalue weighted by atomic mass is 32.2. The first-order valence-corrected chi connectivity index (χ1v) is 8.12. The quantitative estimate of drug-likeness (QED) is 0.427. The van der Waals surface area contributed by atoms with Gasteiger partial charge in [0.15, 0.2) is 16.7 Å². The molecule has 0 unspecified atom stereocenters. The molecule has 0 aliphatic heterocycles. The molecule has 0 aliphatic carbocycles. The summed E-state index contributed by atoms with van der Waals surface area (Å²) in [4.78, 5) is 4.51. The summed E-state index contributed by atoms with van der Waals surface area (Å²) in [6.45, 7) is 0.374. The third kappa shape index (κ3) is 3.84. The zero-order valence-electron chi connectivity index (χ0n) is 12.4. The molecule has 2 N–H and O–H groups in total. The lowest BCUT2D eigenvalue weighted by atomic mass is 10.2.